The Hall–Kier alpha value is -1.52. The van der Waals surface area contributed by atoms with E-state index in [1.54, 1.807) is 0 Å². The summed E-state index contributed by atoms with van der Waals surface area (Å²) in [5.41, 5.74) is 1.55. The molecule has 1 aromatic rings. The van der Waals surface area contributed by atoms with Gasteiger partial charge in [0.25, 0.3) is 0 Å². The monoisotopic (exact) mass is 535 g/mol. The summed E-state index contributed by atoms with van der Waals surface area (Å²) >= 11 is 0. The number of nitrogens with one attached hydrogen (secondary N) is 2. The summed E-state index contributed by atoms with van der Waals surface area (Å²) in [5, 5.41) is 10.7. The number of hydrogen-bond acceptors (Lipinski definition) is 5. The molecule has 8 nitrogen and oxygen atoms in total. The van der Waals surface area contributed by atoms with Crippen molar-refractivity contribution in [1.82, 2.24) is 20.7 Å². The number of guanidine groups is 1. The second-order valence-corrected chi connectivity index (χ2v) is 8.26. The van der Waals surface area contributed by atoms with Gasteiger partial charge in [0.1, 0.15) is 11.4 Å². The third kappa shape index (κ3) is 8.31. The molecule has 0 atom stereocenters. The third-order valence-corrected chi connectivity index (χ3v) is 4.61. The van der Waals surface area contributed by atoms with Crippen LogP contribution in [0.1, 0.15) is 71.4 Å². The maximum Gasteiger partial charge on any atom is 0.410 e. The topological polar surface area (TPSA) is 92.0 Å². The summed E-state index contributed by atoms with van der Waals surface area (Å²) < 4.78 is 11.0. The predicted octanol–water partition coefficient (Wildman–Crippen LogP) is 3.87. The van der Waals surface area contributed by atoms with E-state index >= 15 is 0 Å². The average molecular weight is 535 g/mol. The number of aliphatic imine (C=N–C) groups is 1. The summed E-state index contributed by atoms with van der Waals surface area (Å²) in [6.07, 6.45) is 3.47. The fourth-order valence-electron chi connectivity index (χ4n) is 3.04. The van der Waals surface area contributed by atoms with Gasteiger partial charge in [0.05, 0.1) is 12.2 Å². The lowest BCUT2D eigenvalue weighted by Crippen LogP contribution is -2.45. The molecule has 1 fully saturated rings. The number of carbonyl (C=O) groups excluding carboxylic acids is 1. The zero-order valence-electron chi connectivity index (χ0n) is 19.2. The highest BCUT2D eigenvalue weighted by Gasteiger charge is 2.34. The summed E-state index contributed by atoms with van der Waals surface area (Å²) in [6.45, 7) is 14.3. The molecule has 0 aliphatic heterocycles. The molecule has 0 aromatic carbocycles. The van der Waals surface area contributed by atoms with Gasteiger partial charge in [0, 0.05) is 37.7 Å². The number of nitrogens with zero attached hydrogens (tertiary/aromatic N) is 3. The Balaban J connectivity index is 0.00000450. The van der Waals surface area contributed by atoms with Gasteiger partial charge in [-0.2, -0.15) is 0 Å². The first-order chi connectivity index (χ1) is 13.8. The molecule has 9 heteroatoms. The number of ether oxygens (including phenoxy) is 1. The van der Waals surface area contributed by atoms with Crippen LogP contribution in [0, 0.1) is 0 Å². The number of hydrogen-bond donors (Lipinski definition) is 2. The van der Waals surface area contributed by atoms with Crippen molar-refractivity contribution in [1.29, 1.82) is 0 Å². The highest BCUT2D eigenvalue weighted by Crippen LogP contribution is 2.28. The van der Waals surface area contributed by atoms with Crippen LogP contribution in [-0.2, 0) is 24.1 Å². The molecule has 2 rings (SSSR count). The van der Waals surface area contributed by atoms with E-state index in [2.05, 4.69) is 29.6 Å². The van der Waals surface area contributed by atoms with Crippen LogP contribution in [-0.4, -0.2) is 53.4 Å². The molecule has 0 saturated heterocycles. The van der Waals surface area contributed by atoms with Gasteiger partial charge in [0.2, 0.25) is 0 Å². The Kier molecular flexibility index (Phi) is 10.9. The van der Waals surface area contributed by atoms with Crippen LogP contribution in [0.25, 0.3) is 0 Å². The Bertz CT molecular complexity index is 674. The lowest BCUT2D eigenvalue weighted by molar-refractivity contribution is 0.0238. The first-order valence-corrected chi connectivity index (χ1v) is 10.8. The molecule has 2 N–H and O–H groups in total. The highest BCUT2D eigenvalue weighted by atomic mass is 127. The molecule has 1 saturated carbocycles. The van der Waals surface area contributed by atoms with Gasteiger partial charge < -0.3 is 24.8 Å². The van der Waals surface area contributed by atoms with E-state index in [9.17, 15) is 4.79 Å². The van der Waals surface area contributed by atoms with Crippen molar-refractivity contribution in [3.8, 4) is 0 Å². The van der Waals surface area contributed by atoms with Gasteiger partial charge in [-0.05, 0) is 47.0 Å². The van der Waals surface area contributed by atoms with Crippen molar-refractivity contribution in [3.63, 3.8) is 0 Å². The number of rotatable bonds is 9. The lowest BCUT2D eigenvalue weighted by atomic mass is 10.1. The van der Waals surface area contributed by atoms with Crippen LogP contribution in [0.2, 0.25) is 0 Å². The molecule has 1 aliphatic rings. The van der Waals surface area contributed by atoms with E-state index in [1.165, 1.54) is 0 Å². The quantitative estimate of drug-likeness (QED) is 0.284. The van der Waals surface area contributed by atoms with Crippen LogP contribution < -0.4 is 10.6 Å². The van der Waals surface area contributed by atoms with Gasteiger partial charge in [-0.3, -0.25) is 0 Å². The SMILES string of the molecule is CCNC(=NCc1c(CC)noc1CC)NCCN(C(=O)OC(C)(C)C)C1CC1.I. The first-order valence-electron chi connectivity index (χ1n) is 10.8. The van der Waals surface area contributed by atoms with Crippen LogP contribution in [0.4, 0.5) is 4.79 Å². The van der Waals surface area contributed by atoms with Crippen LogP contribution >= 0.6 is 24.0 Å². The van der Waals surface area contributed by atoms with E-state index in [0.29, 0.717) is 25.7 Å². The fraction of sp³-hybridized carbons (Fsp3) is 0.762. The van der Waals surface area contributed by atoms with Gasteiger partial charge in [-0.15, -0.1) is 24.0 Å². The molecule has 0 spiro atoms. The molecular weight excluding hydrogens is 497 g/mol. The number of aromatic nitrogens is 1. The molecule has 0 unspecified atom stereocenters. The maximum atomic E-state index is 12.5. The Labute approximate surface area is 197 Å². The second kappa shape index (κ2) is 12.4. The predicted molar refractivity (Wildman–Crippen MR) is 129 cm³/mol. The van der Waals surface area contributed by atoms with E-state index in [-0.39, 0.29) is 30.1 Å². The number of amides is 1. The van der Waals surface area contributed by atoms with Crippen molar-refractivity contribution in [2.75, 3.05) is 19.6 Å². The first kappa shape index (κ1) is 26.5. The van der Waals surface area contributed by atoms with Gasteiger partial charge >= 0.3 is 6.09 Å². The minimum absolute atomic E-state index is 0. The standard InChI is InChI=1S/C21H37N5O3.HI/c1-7-17-16(18(8-2)29-25-17)14-24-19(22-9-3)23-12-13-26(15-10-11-15)20(27)28-21(4,5)6;/h15H,7-14H2,1-6H3,(H2,22,23,24);1H. The minimum atomic E-state index is -0.485. The summed E-state index contributed by atoms with van der Waals surface area (Å²) in [7, 11) is 0. The van der Waals surface area contributed by atoms with Crippen molar-refractivity contribution in [2.45, 2.75) is 85.4 Å². The fourth-order valence-corrected chi connectivity index (χ4v) is 3.04. The summed E-state index contributed by atoms with van der Waals surface area (Å²) in [5.74, 6) is 1.61. The van der Waals surface area contributed by atoms with Crippen molar-refractivity contribution >= 4 is 36.0 Å². The zero-order valence-corrected chi connectivity index (χ0v) is 21.5. The molecule has 30 heavy (non-hydrogen) atoms. The molecule has 0 bridgehead atoms. The number of carbonyl (C=O) groups is 1. The minimum Gasteiger partial charge on any atom is -0.444 e. The molecule has 1 aliphatic carbocycles. The molecule has 172 valence electrons. The van der Waals surface area contributed by atoms with E-state index in [1.807, 2.05) is 32.6 Å². The average Bonchev–Trinajstić information content (AvgIpc) is 3.40. The second-order valence-electron chi connectivity index (χ2n) is 8.26. The Morgan fingerprint density at radius 3 is 2.47 bits per heavy atom. The van der Waals surface area contributed by atoms with Gasteiger partial charge in [0.15, 0.2) is 5.96 Å². The van der Waals surface area contributed by atoms with Crippen molar-refractivity contribution in [3.05, 3.63) is 17.0 Å². The summed E-state index contributed by atoms with van der Waals surface area (Å²) in [4.78, 5) is 19.0. The number of aryl methyl sites for hydroxylation is 2. The van der Waals surface area contributed by atoms with Crippen molar-refractivity contribution in [2.24, 2.45) is 4.99 Å². The molecule has 1 aromatic heterocycles. The highest BCUT2D eigenvalue weighted by molar-refractivity contribution is 14.0. The molecular formula is C21H38IN5O3. The maximum absolute atomic E-state index is 12.5. The van der Waals surface area contributed by atoms with Gasteiger partial charge in [-0.25, -0.2) is 9.79 Å². The van der Waals surface area contributed by atoms with E-state index in [4.69, 9.17) is 14.3 Å². The zero-order chi connectivity index (χ0) is 21.4. The van der Waals surface area contributed by atoms with Crippen LogP contribution in [0.3, 0.4) is 0 Å². The van der Waals surface area contributed by atoms with Gasteiger partial charge in [-0.1, -0.05) is 19.0 Å². The van der Waals surface area contributed by atoms with Crippen LogP contribution in [0.5, 0.6) is 0 Å². The molecule has 1 amide bonds. The Morgan fingerprint density at radius 2 is 1.93 bits per heavy atom. The molecule has 0 radical (unpaired) electrons. The lowest BCUT2D eigenvalue weighted by Gasteiger charge is -2.27. The largest absolute Gasteiger partial charge is 0.444 e. The number of halogens is 1. The van der Waals surface area contributed by atoms with Crippen molar-refractivity contribution < 1.29 is 14.1 Å². The van der Waals surface area contributed by atoms with Crippen LogP contribution in [0.15, 0.2) is 9.52 Å². The van der Waals surface area contributed by atoms with E-state index < -0.39 is 5.60 Å². The Morgan fingerprint density at radius 1 is 1.23 bits per heavy atom. The third-order valence-electron chi connectivity index (χ3n) is 4.61. The summed E-state index contributed by atoms with van der Waals surface area (Å²) in [6, 6.07) is 0.294. The molecule has 1 heterocycles. The smallest absolute Gasteiger partial charge is 0.410 e. The van der Waals surface area contributed by atoms with E-state index in [0.717, 1.165) is 55.2 Å². The normalized spacial score (nSPS) is 14.1.